The predicted octanol–water partition coefficient (Wildman–Crippen LogP) is 0.764. The van der Waals surface area contributed by atoms with Gasteiger partial charge in [-0.05, 0) is 33.6 Å². The minimum absolute atomic E-state index is 0.0565. The van der Waals surface area contributed by atoms with Crippen LogP contribution in [0.3, 0.4) is 0 Å². The summed E-state index contributed by atoms with van der Waals surface area (Å²) in [5.41, 5.74) is -0.525. The van der Waals surface area contributed by atoms with Crippen LogP contribution in [-0.2, 0) is 57.0 Å². The minimum Gasteiger partial charge on any atom is -0.480 e. The van der Waals surface area contributed by atoms with Gasteiger partial charge in [0.2, 0.25) is 11.8 Å². The molecule has 2 atom stereocenters. The van der Waals surface area contributed by atoms with Crippen molar-refractivity contribution in [2.24, 2.45) is 5.92 Å². The van der Waals surface area contributed by atoms with Crippen LogP contribution in [0, 0.1) is 5.92 Å². The Kier molecular flexibility index (Phi) is 28.6. The van der Waals surface area contributed by atoms with E-state index >= 15 is 0 Å². The normalized spacial score (nSPS) is 12.8. The van der Waals surface area contributed by atoms with E-state index in [0.717, 1.165) is 0 Å². The number of carboxylic acid groups (broad SMARTS) is 1. The number of hydrogen-bond donors (Lipinski definition) is 4. The van der Waals surface area contributed by atoms with Crippen molar-refractivity contribution in [3.8, 4) is 0 Å². The maximum Gasteiger partial charge on any atom is 0.407 e. The topological polar surface area (TPSA) is 208 Å². The average molecular weight is 712 g/mol. The van der Waals surface area contributed by atoms with Gasteiger partial charge in [-0.1, -0.05) is 13.8 Å². The lowest BCUT2D eigenvalue weighted by Crippen LogP contribution is -2.53. The third-order valence-electron chi connectivity index (χ3n) is 5.99. The molecule has 0 aromatic heterocycles. The van der Waals surface area contributed by atoms with Crippen molar-refractivity contribution in [1.29, 1.82) is 0 Å². The van der Waals surface area contributed by atoms with Gasteiger partial charge in [0.1, 0.15) is 17.7 Å². The van der Waals surface area contributed by atoms with Crippen LogP contribution >= 0.6 is 0 Å². The highest BCUT2D eigenvalue weighted by Crippen LogP contribution is 2.06. The molecule has 0 aromatic rings. The van der Waals surface area contributed by atoms with Crippen LogP contribution in [-0.4, -0.2) is 159 Å². The van der Waals surface area contributed by atoms with Crippen LogP contribution in [0.1, 0.15) is 48.0 Å². The van der Waals surface area contributed by atoms with Gasteiger partial charge in [-0.15, -0.1) is 0 Å². The summed E-state index contributed by atoms with van der Waals surface area (Å²) in [5, 5.41) is 16.6. The molecule has 0 unspecified atom stereocenters. The van der Waals surface area contributed by atoms with E-state index in [2.05, 4.69) is 16.0 Å². The van der Waals surface area contributed by atoms with Crippen LogP contribution in [0.2, 0.25) is 0 Å². The maximum absolute atomic E-state index is 12.3. The van der Waals surface area contributed by atoms with Gasteiger partial charge in [0.25, 0.3) is 0 Å². The lowest BCUT2D eigenvalue weighted by Gasteiger charge is -2.23. The second-order valence-electron chi connectivity index (χ2n) is 11.9. The van der Waals surface area contributed by atoms with Crippen molar-refractivity contribution < 1.29 is 66.9 Å². The van der Waals surface area contributed by atoms with Gasteiger partial charge in [0.05, 0.1) is 106 Å². The van der Waals surface area contributed by atoms with E-state index in [9.17, 15) is 19.2 Å². The number of ether oxygens (including phenoxy) is 9. The molecular formula is C32H61N3O14. The lowest BCUT2D eigenvalue weighted by molar-refractivity contribution is -0.142. The number of nitrogens with one attached hydrogen (secondary N) is 3. The molecule has 0 aliphatic heterocycles. The lowest BCUT2D eigenvalue weighted by atomic mass is 10.0. The fourth-order valence-electron chi connectivity index (χ4n) is 3.49. The maximum atomic E-state index is 12.3. The zero-order valence-corrected chi connectivity index (χ0v) is 30.2. The molecule has 0 bridgehead atoms. The van der Waals surface area contributed by atoms with Gasteiger partial charge in [0, 0.05) is 13.0 Å². The van der Waals surface area contributed by atoms with E-state index in [0.29, 0.717) is 106 Å². The second kappa shape index (κ2) is 30.2. The molecule has 0 saturated heterocycles. The number of carbonyl (C=O) groups is 4. The first-order valence-electron chi connectivity index (χ1n) is 16.7. The van der Waals surface area contributed by atoms with Crippen molar-refractivity contribution in [1.82, 2.24) is 16.0 Å². The monoisotopic (exact) mass is 711 g/mol. The van der Waals surface area contributed by atoms with Crippen molar-refractivity contribution in [3.63, 3.8) is 0 Å². The molecule has 0 aromatic carbocycles. The Balaban J connectivity index is 3.40. The minimum atomic E-state index is -1.15. The van der Waals surface area contributed by atoms with E-state index in [4.69, 9.17) is 47.7 Å². The van der Waals surface area contributed by atoms with Gasteiger partial charge in [-0.2, -0.15) is 0 Å². The largest absolute Gasteiger partial charge is 0.480 e. The third kappa shape index (κ3) is 31.1. The molecule has 17 heteroatoms. The molecule has 0 fully saturated rings. The first-order chi connectivity index (χ1) is 23.3. The fraction of sp³-hybridized carbons (Fsp3) is 0.875. The summed E-state index contributed by atoms with van der Waals surface area (Å²) < 4.78 is 48.5. The Morgan fingerprint density at radius 3 is 1.29 bits per heavy atom. The van der Waals surface area contributed by atoms with Gasteiger partial charge < -0.3 is 63.7 Å². The Morgan fingerprint density at radius 2 is 0.939 bits per heavy atom. The Labute approximate surface area is 290 Å². The second-order valence-corrected chi connectivity index (χ2v) is 11.9. The van der Waals surface area contributed by atoms with Gasteiger partial charge in [-0.3, -0.25) is 14.4 Å². The van der Waals surface area contributed by atoms with E-state index in [1.54, 1.807) is 34.6 Å². The van der Waals surface area contributed by atoms with Crippen molar-refractivity contribution in [3.05, 3.63) is 0 Å². The molecule has 4 N–H and O–H groups in total. The molecule has 0 spiro atoms. The highest BCUT2D eigenvalue weighted by atomic mass is 16.6. The quantitative estimate of drug-likeness (QED) is 0.0711. The summed E-state index contributed by atoms with van der Waals surface area (Å²) in [7, 11) is 0. The van der Waals surface area contributed by atoms with Crippen LogP contribution < -0.4 is 16.0 Å². The molecule has 3 amide bonds. The predicted molar refractivity (Wildman–Crippen MR) is 177 cm³/mol. The average Bonchev–Trinajstić information content (AvgIpc) is 3.02. The van der Waals surface area contributed by atoms with E-state index in [1.165, 1.54) is 6.92 Å². The van der Waals surface area contributed by atoms with Crippen LogP contribution in [0.4, 0.5) is 4.79 Å². The molecule has 0 radical (unpaired) electrons. The number of amides is 3. The Bertz CT molecular complexity index is 873. The number of alkyl carbamates (subject to hydrolysis) is 1. The van der Waals surface area contributed by atoms with Gasteiger partial charge >= 0.3 is 12.1 Å². The molecule has 0 rings (SSSR count). The highest BCUT2D eigenvalue weighted by molar-refractivity contribution is 5.90. The Hall–Kier alpha value is -2.64. The molecule has 288 valence electrons. The van der Waals surface area contributed by atoms with Crippen molar-refractivity contribution in [2.45, 2.75) is 65.6 Å². The van der Waals surface area contributed by atoms with Gasteiger partial charge in [-0.25, -0.2) is 4.79 Å². The van der Waals surface area contributed by atoms with E-state index in [-0.39, 0.29) is 24.9 Å². The zero-order chi connectivity index (χ0) is 36.8. The molecular weight excluding hydrogens is 650 g/mol. The first kappa shape index (κ1) is 46.4. The summed E-state index contributed by atoms with van der Waals surface area (Å²) in [6.45, 7) is 17.0. The number of carbonyl (C=O) groups excluding carboxylic acids is 3. The summed E-state index contributed by atoms with van der Waals surface area (Å²) in [5.74, 6) is -2.28. The summed E-state index contributed by atoms with van der Waals surface area (Å²) in [6, 6.07) is -1.89. The SMILES string of the molecule is CC(C)[C@H](NC(=O)CCOCCOCCOCCOCCOCCOCCOCCOCCNC(=O)OC(C)(C)C)C(=O)N[C@@H](C)C(=O)O. The first-order valence-corrected chi connectivity index (χ1v) is 16.7. The number of aliphatic carboxylic acids is 1. The van der Waals surface area contributed by atoms with E-state index < -0.39 is 35.7 Å². The van der Waals surface area contributed by atoms with Crippen molar-refractivity contribution >= 4 is 23.9 Å². The number of rotatable bonds is 32. The highest BCUT2D eigenvalue weighted by Gasteiger charge is 2.26. The van der Waals surface area contributed by atoms with Crippen LogP contribution in [0.15, 0.2) is 0 Å². The standard InChI is InChI=1S/C32H61N3O14/c1-25(2)28(29(37)34-26(3)30(38)39)35-27(36)7-9-41-11-13-43-15-17-45-19-21-47-23-24-48-22-20-46-18-16-44-14-12-42-10-8-33-31(40)49-32(4,5)6/h25-26,28H,7-24H2,1-6H3,(H,33,40)(H,34,37)(H,35,36)(H,38,39)/t26-,28-/m0/s1. The number of hydrogen-bond acceptors (Lipinski definition) is 13. The zero-order valence-electron chi connectivity index (χ0n) is 30.2. The third-order valence-corrected chi connectivity index (χ3v) is 5.99. The van der Waals surface area contributed by atoms with Crippen LogP contribution in [0.5, 0.6) is 0 Å². The number of carboxylic acids is 1. The molecule has 49 heavy (non-hydrogen) atoms. The molecule has 17 nitrogen and oxygen atoms in total. The molecule has 0 saturated carbocycles. The fourth-order valence-corrected chi connectivity index (χ4v) is 3.49. The summed E-state index contributed by atoms with van der Waals surface area (Å²) >= 11 is 0. The summed E-state index contributed by atoms with van der Waals surface area (Å²) in [6.07, 6.45) is -0.410. The van der Waals surface area contributed by atoms with Crippen LogP contribution in [0.25, 0.3) is 0 Å². The molecule has 0 heterocycles. The molecule has 0 aliphatic rings. The van der Waals surface area contributed by atoms with Gasteiger partial charge in [0.15, 0.2) is 0 Å². The van der Waals surface area contributed by atoms with E-state index in [1.807, 2.05) is 0 Å². The summed E-state index contributed by atoms with van der Waals surface area (Å²) in [4.78, 5) is 46.9. The molecule has 0 aliphatic carbocycles. The smallest absolute Gasteiger partial charge is 0.407 e. The van der Waals surface area contributed by atoms with Crippen molar-refractivity contribution in [2.75, 3.05) is 112 Å². The Morgan fingerprint density at radius 1 is 0.571 bits per heavy atom.